The second-order valence-electron chi connectivity index (χ2n) is 18.0. The Hall–Kier alpha value is -2.44. The summed E-state index contributed by atoms with van der Waals surface area (Å²) in [6.07, 6.45) is 12.8. The number of aliphatic hydroxyl groups excluding tert-OH is 2. The summed E-state index contributed by atoms with van der Waals surface area (Å²) in [5.74, 6) is -0.738. The maximum Gasteiger partial charge on any atom is 0.481 e. The fraction of sp³-hybridized carbons (Fsp3) is 0.805. The number of aliphatic hydroxyl groups is 2. The fourth-order valence-corrected chi connectivity index (χ4v) is 11.1. The van der Waals surface area contributed by atoms with E-state index < -0.39 is 84.6 Å². The molecule has 0 radical (unpaired) electrons. The van der Waals surface area contributed by atoms with Gasteiger partial charge in [-0.25, -0.2) is 28.6 Å². The number of phosphoric acid groups is 3. The van der Waals surface area contributed by atoms with E-state index in [2.05, 4.69) is 48.3 Å². The predicted molar refractivity (Wildman–Crippen MR) is 256 cm³/mol. The number of nitrogen functional groups attached to an aromatic ring is 1. The third kappa shape index (κ3) is 22.9. The van der Waals surface area contributed by atoms with Crippen LogP contribution in [0.3, 0.4) is 0 Å². The number of rotatable bonds is 36. The van der Waals surface area contributed by atoms with E-state index in [4.69, 9.17) is 19.5 Å². The Balaban J connectivity index is 1.30. The molecule has 2 aromatic rings. The molecule has 2 amide bonds. The summed E-state index contributed by atoms with van der Waals surface area (Å²) in [6, 6.07) is 0. The average molecular weight is 1060 g/mol. The van der Waals surface area contributed by atoms with Gasteiger partial charge in [0.15, 0.2) is 22.8 Å². The Morgan fingerprint density at radius 3 is 2.09 bits per heavy atom. The number of nitrogens with zero attached hydrogens (tertiary/aromatic N) is 4. The van der Waals surface area contributed by atoms with E-state index in [9.17, 15) is 57.9 Å². The van der Waals surface area contributed by atoms with Gasteiger partial charge in [-0.05, 0) is 5.92 Å². The summed E-state index contributed by atoms with van der Waals surface area (Å²) in [5.41, 5.74) is 4.29. The molecule has 1 aliphatic heterocycles. The second kappa shape index (κ2) is 29.9. The maximum absolute atomic E-state index is 12.8. The van der Waals surface area contributed by atoms with Crippen molar-refractivity contribution in [2.75, 3.05) is 37.8 Å². The molecule has 3 rings (SSSR count). The number of thioether (sulfide) groups is 1. The van der Waals surface area contributed by atoms with Crippen molar-refractivity contribution in [1.29, 1.82) is 0 Å². The second-order valence-corrected chi connectivity index (χ2v) is 23.4. The Labute approximate surface area is 407 Å². The lowest BCUT2D eigenvalue weighted by Crippen LogP contribution is -2.46. The van der Waals surface area contributed by atoms with Gasteiger partial charge in [-0.2, -0.15) is 4.31 Å². The zero-order valence-corrected chi connectivity index (χ0v) is 43.5. The number of hydrogen-bond acceptors (Lipinski definition) is 18. The molecule has 69 heavy (non-hydrogen) atoms. The Kier molecular flexibility index (Phi) is 26.4. The number of unbranched alkanes of at least 4 members (excludes halogenated alkanes) is 13. The molecule has 2 aromatic heterocycles. The summed E-state index contributed by atoms with van der Waals surface area (Å²) in [6.45, 7) is 4.91. The Morgan fingerprint density at radius 1 is 0.884 bits per heavy atom. The van der Waals surface area contributed by atoms with Crippen LogP contribution < -0.4 is 16.4 Å². The van der Waals surface area contributed by atoms with E-state index in [0.29, 0.717) is 12.2 Å². The number of carbonyl (C=O) groups is 3. The average Bonchev–Trinajstić information content (AvgIpc) is 3.83. The van der Waals surface area contributed by atoms with E-state index in [1.54, 1.807) is 0 Å². The lowest BCUT2D eigenvalue weighted by Gasteiger charge is -2.30. The minimum atomic E-state index is -5.58. The number of aromatic nitrogens is 4. The fourth-order valence-electron chi connectivity index (χ4n) is 7.43. The molecule has 0 saturated carbocycles. The smallest absolute Gasteiger partial charge is 0.386 e. The van der Waals surface area contributed by atoms with Crippen molar-refractivity contribution in [3.63, 3.8) is 0 Å². The third-order valence-corrected chi connectivity index (χ3v) is 15.3. The van der Waals surface area contributed by atoms with Crippen molar-refractivity contribution >= 4 is 69.1 Å². The molecule has 0 spiro atoms. The van der Waals surface area contributed by atoms with Gasteiger partial charge in [0, 0.05) is 37.1 Å². The number of ether oxygens (including phenoxy) is 1. The van der Waals surface area contributed by atoms with Crippen LogP contribution in [0.4, 0.5) is 5.82 Å². The number of fused-ring (bicyclic) bond motifs is 1. The number of hydrogen-bond donors (Lipinski definition) is 9. The molecular formula is C41H74N7O17P3S. The van der Waals surface area contributed by atoms with Crippen LogP contribution in [0, 0.1) is 11.3 Å². The molecule has 1 aliphatic rings. The van der Waals surface area contributed by atoms with Crippen LogP contribution in [0.5, 0.6) is 0 Å². The summed E-state index contributed by atoms with van der Waals surface area (Å²) >= 11 is 1.16. The summed E-state index contributed by atoms with van der Waals surface area (Å²) in [5, 5.41) is 26.7. The molecule has 28 heteroatoms. The largest absolute Gasteiger partial charge is 0.481 e. The third-order valence-electron chi connectivity index (χ3n) is 11.3. The number of imidazole rings is 1. The van der Waals surface area contributed by atoms with Crippen molar-refractivity contribution in [1.82, 2.24) is 30.2 Å². The van der Waals surface area contributed by atoms with Gasteiger partial charge in [0.2, 0.25) is 11.8 Å². The maximum atomic E-state index is 12.8. The van der Waals surface area contributed by atoms with Gasteiger partial charge in [0.25, 0.3) is 0 Å². The highest BCUT2D eigenvalue weighted by molar-refractivity contribution is 8.13. The van der Waals surface area contributed by atoms with Crippen LogP contribution in [0.2, 0.25) is 0 Å². The standard InChI is InChI=1S/C41H74N7O17P3S/c1-5-6-7-8-9-10-11-12-13-14-15-16-17-18-19-29(2)24-32(50)69-23-22-43-31(49)20-21-44-39(53)36(52)41(3,4)26-62-68(59,60)65-67(57,58)61-25-30-35(64-66(54,55)56)34(51)40(63-30)48-28-47-33-37(42)45-27-46-38(33)48/h27-30,34-36,40,51-52H,5-26H2,1-4H3,(H,43,49)(H,44,53)(H,57,58)(H,59,60)(H2,42,45,46)(H2,54,55,56). The number of anilines is 1. The number of amides is 2. The normalized spacial score (nSPS) is 20.3. The van der Waals surface area contributed by atoms with E-state index in [1.165, 1.54) is 97.3 Å². The number of carbonyl (C=O) groups excluding carboxylic acids is 3. The first-order chi connectivity index (χ1) is 32.4. The van der Waals surface area contributed by atoms with Crippen LogP contribution in [-0.2, 0) is 50.7 Å². The molecule has 8 unspecified atom stereocenters. The zero-order chi connectivity index (χ0) is 51.3. The molecule has 0 aromatic carbocycles. The molecule has 24 nitrogen and oxygen atoms in total. The van der Waals surface area contributed by atoms with Crippen molar-refractivity contribution in [2.45, 2.75) is 167 Å². The van der Waals surface area contributed by atoms with Crippen LogP contribution in [0.25, 0.3) is 11.2 Å². The Bertz CT molecular complexity index is 2050. The van der Waals surface area contributed by atoms with Gasteiger partial charge in [0.1, 0.15) is 36.3 Å². The van der Waals surface area contributed by atoms with Crippen LogP contribution in [0.1, 0.15) is 143 Å². The summed E-state index contributed by atoms with van der Waals surface area (Å²) < 4.78 is 62.5. The lowest BCUT2D eigenvalue weighted by molar-refractivity contribution is -0.137. The molecule has 8 atom stereocenters. The molecule has 1 saturated heterocycles. The van der Waals surface area contributed by atoms with E-state index in [1.807, 2.05) is 0 Å². The molecule has 3 heterocycles. The molecule has 10 N–H and O–H groups in total. The molecule has 1 fully saturated rings. The highest BCUT2D eigenvalue weighted by atomic mass is 32.2. The topological polar surface area (TPSA) is 364 Å². The van der Waals surface area contributed by atoms with E-state index in [-0.39, 0.29) is 47.5 Å². The van der Waals surface area contributed by atoms with Crippen molar-refractivity contribution in [3.8, 4) is 0 Å². The number of nitrogens with one attached hydrogen (secondary N) is 2. The quantitative estimate of drug-likeness (QED) is 0.0298. The van der Waals surface area contributed by atoms with Gasteiger partial charge in [0.05, 0.1) is 19.5 Å². The molecular weight excluding hydrogens is 987 g/mol. The van der Waals surface area contributed by atoms with Crippen LogP contribution in [-0.4, -0.2) is 123 Å². The molecule has 0 bridgehead atoms. The van der Waals surface area contributed by atoms with Crippen LogP contribution >= 0.6 is 35.2 Å². The van der Waals surface area contributed by atoms with Gasteiger partial charge in [-0.1, -0.05) is 136 Å². The van der Waals surface area contributed by atoms with Crippen molar-refractivity contribution in [2.24, 2.45) is 11.3 Å². The minimum Gasteiger partial charge on any atom is -0.386 e. The van der Waals surface area contributed by atoms with Gasteiger partial charge < -0.3 is 50.9 Å². The van der Waals surface area contributed by atoms with Crippen molar-refractivity contribution in [3.05, 3.63) is 12.7 Å². The summed E-state index contributed by atoms with van der Waals surface area (Å²) in [7, 11) is -16.4. The monoisotopic (exact) mass is 1060 g/mol. The van der Waals surface area contributed by atoms with Crippen LogP contribution in [0.15, 0.2) is 12.7 Å². The van der Waals surface area contributed by atoms with Gasteiger partial charge in [-0.15, -0.1) is 0 Å². The Morgan fingerprint density at radius 2 is 1.48 bits per heavy atom. The highest BCUT2D eigenvalue weighted by Crippen LogP contribution is 2.61. The number of nitrogens with two attached hydrogens (primary N) is 1. The molecule has 0 aliphatic carbocycles. The lowest BCUT2D eigenvalue weighted by atomic mass is 9.87. The van der Waals surface area contributed by atoms with E-state index in [0.717, 1.165) is 41.8 Å². The molecule has 396 valence electrons. The minimum absolute atomic E-state index is 0.0339. The van der Waals surface area contributed by atoms with Gasteiger partial charge >= 0.3 is 23.5 Å². The first-order valence-electron chi connectivity index (χ1n) is 23.5. The zero-order valence-electron chi connectivity index (χ0n) is 40.0. The first-order valence-corrected chi connectivity index (χ1v) is 29.0. The van der Waals surface area contributed by atoms with Crippen molar-refractivity contribution < 1.29 is 80.5 Å². The SMILES string of the molecule is CCCCCCCCCCCCCCCCC(C)CC(=O)SCCNC(=O)CCNC(=O)C(O)C(C)(C)COP(=O)(O)OP(=O)(O)OCC1OC(n2cnc3c(N)ncnc32)C(O)C1OP(=O)(O)O. The predicted octanol–water partition coefficient (Wildman–Crippen LogP) is 5.56. The van der Waals surface area contributed by atoms with Gasteiger partial charge in [-0.3, -0.25) is 32.5 Å². The first kappa shape index (κ1) is 60.9. The van der Waals surface area contributed by atoms with E-state index >= 15 is 0 Å². The highest BCUT2D eigenvalue weighted by Gasteiger charge is 2.50. The summed E-state index contributed by atoms with van der Waals surface area (Å²) in [4.78, 5) is 88.7. The number of phosphoric ester groups is 3.